The van der Waals surface area contributed by atoms with Crippen molar-refractivity contribution in [2.75, 3.05) is 17.4 Å². The minimum atomic E-state index is -4.88. The first-order chi connectivity index (χ1) is 19.6. The molecule has 13 heteroatoms. The SMILES string of the molecule is CCCNC(=O)C(C)N(Cc1cccc(Br)c1)C(=O)CN(c1ccc(Cl)c(C(F)(F)F)c1)S(=O)(=O)c1ccc(C)cc1. The normalized spacial score (nSPS) is 12.5. The molecule has 226 valence electrons. The number of rotatable bonds is 11. The molecule has 1 N–H and O–H groups in total. The maximum atomic E-state index is 13.9. The Kier molecular flexibility index (Phi) is 11.1. The number of anilines is 1. The van der Waals surface area contributed by atoms with Crippen LogP contribution in [-0.4, -0.2) is 44.3 Å². The van der Waals surface area contributed by atoms with E-state index in [4.69, 9.17) is 11.6 Å². The van der Waals surface area contributed by atoms with Crippen LogP contribution < -0.4 is 9.62 Å². The fourth-order valence-electron chi connectivity index (χ4n) is 4.06. The number of carbonyl (C=O) groups is 2. The Morgan fingerprint density at radius 3 is 2.31 bits per heavy atom. The van der Waals surface area contributed by atoms with Crippen molar-refractivity contribution in [1.82, 2.24) is 10.2 Å². The molecule has 0 radical (unpaired) electrons. The lowest BCUT2D eigenvalue weighted by atomic mass is 10.1. The number of nitrogens with zero attached hydrogens (tertiary/aromatic N) is 2. The van der Waals surface area contributed by atoms with E-state index in [1.165, 1.54) is 36.1 Å². The molecule has 0 saturated heterocycles. The average Bonchev–Trinajstić information content (AvgIpc) is 2.92. The molecule has 3 aromatic rings. The Hall–Kier alpha value is -3.09. The molecule has 0 aliphatic heterocycles. The van der Waals surface area contributed by atoms with Crippen molar-refractivity contribution in [1.29, 1.82) is 0 Å². The number of halogens is 5. The van der Waals surface area contributed by atoms with Crippen LogP contribution in [0.25, 0.3) is 0 Å². The Morgan fingerprint density at radius 2 is 1.71 bits per heavy atom. The third-order valence-corrected chi connectivity index (χ3v) is 9.00. The predicted octanol–water partition coefficient (Wildman–Crippen LogP) is 6.57. The highest BCUT2D eigenvalue weighted by Crippen LogP contribution is 2.38. The van der Waals surface area contributed by atoms with Gasteiger partial charge in [0.25, 0.3) is 10.0 Å². The lowest BCUT2D eigenvalue weighted by Gasteiger charge is -2.32. The zero-order valence-corrected chi connectivity index (χ0v) is 26.2. The first-order valence-electron chi connectivity index (χ1n) is 12.9. The van der Waals surface area contributed by atoms with Crippen molar-refractivity contribution >= 4 is 55.1 Å². The minimum Gasteiger partial charge on any atom is -0.354 e. The number of aryl methyl sites for hydroxylation is 1. The van der Waals surface area contributed by atoms with Crippen LogP contribution in [-0.2, 0) is 32.3 Å². The van der Waals surface area contributed by atoms with E-state index in [0.29, 0.717) is 28.9 Å². The van der Waals surface area contributed by atoms with Crippen LogP contribution in [0.4, 0.5) is 18.9 Å². The first-order valence-corrected chi connectivity index (χ1v) is 15.5. The van der Waals surface area contributed by atoms with Crippen LogP contribution >= 0.6 is 27.5 Å². The van der Waals surface area contributed by atoms with Crippen molar-refractivity contribution in [3.63, 3.8) is 0 Å². The molecule has 0 spiro atoms. The third-order valence-electron chi connectivity index (χ3n) is 6.39. The second-order valence-electron chi connectivity index (χ2n) is 9.61. The number of hydrogen-bond acceptors (Lipinski definition) is 4. The molecule has 0 saturated carbocycles. The highest BCUT2D eigenvalue weighted by Gasteiger charge is 2.37. The molecule has 0 aliphatic carbocycles. The second-order valence-corrected chi connectivity index (χ2v) is 12.8. The number of sulfonamides is 1. The van der Waals surface area contributed by atoms with E-state index in [1.807, 2.05) is 6.92 Å². The molecule has 1 atom stereocenters. The molecule has 0 heterocycles. The van der Waals surface area contributed by atoms with Crippen molar-refractivity contribution in [3.05, 3.63) is 92.9 Å². The van der Waals surface area contributed by atoms with Gasteiger partial charge in [0, 0.05) is 17.6 Å². The molecule has 0 fully saturated rings. The molecule has 0 bridgehead atoms. The molecule has 7 nitrogen and oxygen atoms in total. The molecular weight excluding hydrogens is 659 g/mol. The number of benzene rings is 3. The summed E-state index contributed by atoms with van der Waals surface area (Å²) < 4.78 is 70.3. The van der Waals surface area contributed by atoms with Gasteiger partial charge in [0.15, 0.2) is 0 Å². The summed E-state index contributed by atoms with van der Waals surface area (Å²) in [5.41, 5.74) is -0.260. The summed E-state index contributed by atoms with van der Waals surface area (Å²) in [4.78, 5) is 27.8. The Morgan fingerprint density at radius 1 is 1.05 bits per heavy atom. The Labute approximate surface area is 256 Å². The predicted molar refractivity (Wildman–Crippen MR) is 160 cm³/mol. The summed E-state index contributed by atoms with van der Waals surface area (Å²) in [5, 5.41) is 2.11. The molecule has 42 heavy (non-hydrogen) atoms. The largest absolute Gasteiger partial charge is 0.417 e. The van der Waals surface area contributed by atoms with E-state index < -0.39 is 56.9 Å². The lowest BCUT2D eigenvalue weighted by molar-refractivity contribution is -0.139. The van der Waals surface area contributed by atoms with Crippen LogP contribution in [0.5, 0.6) is 0 Å². The topological polar surface area (TPSA) is 86.8 Å². The summed E-state index contributed by atoms with van der Waals surface area (Å²) in [7, 11) is -4.55. The third kappa shape index (κ3) is 8.26. The summed E-state index contributed by atoms with van der Waals surface area (Å²) in [6.07, 6.45) is -4.23. The number of amides is 2. The molecule has 0 aromatic heterocycles. The van der Waals surface area contributed by atoms with E-state index >= 15 is 0 Å². The maximum absolute atomic E-state index is 13.9. The molecule has 1 unspecified atom stereocenters. The fraction of sp³-hybridized carbons (Fsp3) is 0.310. The summed E-state index contributed by atoms with van der Waals surface area (Å²) >= 11 is 9.17. The quantitative estimate of drug-likeness (QED) is 0.247. The van der Waals surface area contributed by atoms with Crippen LogP contribution in [0, 0.1) is 6.92 Å². The highest BCUT2D eigenvalue weighted by molar-refractivity contribution is 9.10. The van der Waals surface area contributed by atoms with E-state index in [1.54, 1.807) is 31.2 Å². The van der Waals surface area contributed by atoms with Gasteiger partial charge in [-0.25, -0.2) is 8.42 Å². The molecule has 0 aliphatic rings. The number of hydrogen-bond donors (Lipinski definition) is 1. The molecular formula is C29H30BrClF3N3O4S. The monoisotopic (exact) mass is 687 g/mol. The van der Waals surface area contributed by atoms with Crippen LogP contribution in [0.15, 0.2) is 76.1 Å². The minimum absolute atomic E-state index is 0.0637. The van der Waals surface area contributed by atoms with Crippen molar-refractivity contribution in [2.45, 2.75) is 50.9 Å². The lowest BCUT2D eigenvalue weighted by Crippen LogP contribution is -2.51. The van der Waals surface area contributed by atoms with E-state index in [9.17, 15) is 31.2 Å². The maximum Gasteiger partial charge on any atom is 0.417 e. The highest BCUT2D eigenvalue weighted by atomic mass is 79.9. The average molecular weight is 689 g/mol. The zero-order chi connectivity index (χ0) is 31.2. The van der Waals surface area contributed by atoms with Gasteiger partial charge in [-0.1, -0.05) is 64.3 Å². The van der Waals surface area contributed by atoms with Gasteiger partial charge in [0.1, 0.15) is 12.6 Å². The van der Waals surface area contributed by atoms with E-state index in [-0.39, 0.29) is 11.4 Å². The Balaban J connectivity index is 2.11. The number of nitrogens with one attached hydrogen (secondary N) is 1. The van der Waals surface area contributed by atoms with Crippen LogP contribution in [0.3, 0.4) is 0 Å². The second kappa shape index (κ2) is 13.9. The van der Waals surface area contributed by atoms with Gasteiger partial charge in [0.05, 0.1) is 21.2 Å². The molecule has 3 aromatic carbocycles. The summed E-state index contributed by atoms with van der Waals surface area (Å²) in [5.74, 6) is -1.26. The van der Waals surface area contributed by atoms with Gasteiger partial charge in [-0.2, -0.15) is 13.2 Å². The van der Waals surface area contributed by atoms with E-state index in [0.717, 1.165) is 22.2 Å². The van der Waals surface area contributed by atoms with Crippen molar-refractivity contribution in [2.24, 2.45) is 0 Å². The fourth-order valence-corrected chi connectivity index (χ4v) is 6.14. The molecule has 3 rings (SSSR count). The first kappa shape index (κ1) is 33.4. The number of alkyl halides is 3. The standard InChI is InChI=1S/C29H30BrClF3N3O4S/c1-4-14-35-28(39)20(3)36(17-21-6-5-7-22(30)15-21)27(38)18-37(42(40,41)24-11-8-19(2)9-12-24)23-10-13-26(31)25(16-23)29(32,33)34/h5-13,15-16,20H,4,14,17-18H2,1-3H3,(H,35,39). The zero-order valence-electron chi connectivity index (χ0n) is 23.1. The van der Waals surface area contributed by atoms with Gasteiger partial charge in [-0.15, -0.1) is 0 Å². The molecule has 2 amide bonds. The van der Waals surface area contributed by atoms with E-state index in [2.05, 4.69) is 21.2 Å². The van der Waals surface area contributed by atoms with Gasteiger partial charge in [0.2, 0.25) is 11.8 Å². The van der Waals surface area contributed by atoms with Gasteiger partial charge >= 0.3 is 6.18 Å². The van der Waals surface area contributed by atoms with Gasteiger partial charge in [-0.3, -0.25) is 13.9 Å². The van der Waals surface area contributed by atoms with Crippen molar-refractivity contribution in [3.8, 4) is 0 Å². The number of carbonyl (C=O) groups excluding carboxylic acids is 2. The summed E-state index contributed by atoms with van der Waals surface area (Å²) in [6.45, 7) is 4.53. The smallest absolute Gasteiger partial charge is 0.354 e. The van der Waals surface area contributed by atoms with Crippen molar-refractivity contribution < 1.29 is 31.2 Å². The van der Waals surface area contributed by atoms with Crippen LogP contribution in [0.1, 0.15) is 37.0 Å². The van der Waals surface area contributed by atoms with Crippen LogP contribution in [0.2, 0.25) is 5.02 Å². The van der Waals surface area contributed by atoms with Gasteiger partial charge in [-0.05, 0) is 68.3 Å². The van der Waals surface area contributed by atoms with Gasteiger partial charge < -0.3 is 10.2 Å². The Bertz CT molecular complexity index is 1540. The summed E-state index contributed by atoms with van der Waals surface area (Å²) in [6, 6.07) is 14.3.